The molecule has 0 radical (unpaired) electrons. The molecule has 2 atom stereocenters. The van der Waals surface area contributed by atoms with Gasteiger partial charge in [-0.25, -0.2) is 4.79 Å². The summed E-state index contributed by atoms with van der Waals surface area (Å²) in [4.78, 5) is 25.2. The van der Waals surface area contributed by atoms with Gasteiger partial charge in [0.15, 0.2) is 0 Å². The third-order valence-corrected chi connectivity index (χ3v) is 3.45. The summed E-state index contributed by atoms with van der Waals surface area (Å²) in [6.07, 6.45) is 0.874. The fourth-order valence-electron chi connectivity index (χ4n) is 2.34. The number of hydrogen-bond donors (Lipinski definition) is 1. The van der Waals surface area contributed by atoms with Crippen molar-refractivity contribution in [2.75, 3.05) is 7.05 Å². The highest BCUT2D eigenvalue weighted by Crippen LogP contribution is 2.16. The molecule has 114 valence electrons. The number of benzene rings is 1. The molecule has 0 aliphatic rings. The molecule has 4 nitrogen and oxygen atoms in total. The topological polar surface area (TPSA) is 57.6 Å². The fraction of sp³-hybridized carbons (Fsp3) is 0.412. The molecule has 21 heavy (non-hydrogen) atoms. The van der Waals surface area contributed by atoms with Crippen molar-refractivity contribution in [2.24, 2.45) is 5.92 Å². The summed E-state index contributed by atoms with van der Waals surface area (Å²) in [5.41, 5.74) is 1.82. The van der Waals surface area contributed by atoms with Crippen molar-refractivity contribution in [3.05, 3.63) is 48.0 Å². The van der Waals surface area contributed by atoms with Crippen LogP contribution in [0.2, 0.25) is 0 Å². The highest BCUT2D eigenvalue weighted by Gasteiger charge is 2.29. The minimum atomic E-state index is -0.989. The highest BCUT2D eigenvalue weighted by molar-refractivity contribution is 5.85. The average Bonchev–Trinajstić information content (AvgIpc) is 2.43. The second-order valence-corrected chi connectivity index (χ2v) is 5.56. The Morgan fingerprint density at radius 1 is 1.29 bits per heavy atom. The van der Waals surface area contributed by atoms with Crippen LogP contribution in [0.5, 0.6) is 0 Å². The zero-order valence-electron chi connectivity index (χ0n) is 12.9. The van der Waals surface area contributed by atoms with Gasteiger partial charge in [-0.3, -0.25) is 4.79 Å². The van der Waals surface area contributed by atoms with E-state index in [-0.39, 0.29) is 11.8 Å². The lowest BCUT2D eigenvalue weighted by atomic mass is 9.99. The van der Waals surface area contributed by atoms with Crippen LogP contribution in [0.4, 0.5) is 0 Å². The van der Waals surface area contributed by atoms with Crippen LogP contribution in [0.3, 0.4) is 0 Å². The first-order valence-electron chi connectivity index (χ1n) is 7.00. The summed E-state index contributed by atoms with van der Waals surface area (Å²) in [6, 6.07) is 8.48. The number of rotatable bonds is 7. The lowest BCUT2D eigenvalue weighted by molar-refractivity contribution is -0.150. The second kappa shape index (κ2) is 7.62. The number of nitrogens with zero attached hydrogens (tertiary/aromatic N) is 1. The predicted molar refractivity (Wildman–Crippen MR) is 82.9 cm³/mol. The van der Waals surface area contributed by atoms with Gasteiger partial charge in [-0.1, -0.05) is 42.8 Å². The molecular weight excluding hydrogens is 266 g/mol. The van der Waals surface area contributed by atoms with Crippen molar-refractivity contribution in [1.29, 1.82) is 0 Å². The maximum atomic E-state index is 12.3. The van der Waals surface area contributed by atoms with E-state index in [9.17, 15) is 14.7 Å². The second-order valence-electron chi connectivity index (χ2n) is 5.56. The number of hydrogen-bond acceptors (Lipinski definition) is 2. The van der Waals surface area contributed by atoms with Gasteiger partial charge in [0.2, 0.25) is 5.91 Å². The number of carboxylic acid groups (broad SMARTS) is 1. The fourth-order valence-corrected chi connectivity index (χ4v) is 2.34. The summed E-state index contributed by atoms with van der Waals surface area (Å²) >= 11 is 0. The average molecular weight is 289 g/mol. The standard InChI is InChI=1S/C17H23NO3/c1-12(2)10-13(3)16(19)18(4)15(17(20)21)11-14-8-6-5-7-9-14/h5-9,13,15H,1,10-11H2,2-4H3,(H,20,21). The number of carbonyl (C=O) groups is 2. The number of aliphatic carboxylic acids is 1. The van der Waals surface area contributed by atoms with E-state index >= 15 is 0 Å². The van der Waals surface area contributed by atoms with Crippen LogP contribution in [0.15, 0.2) is 42.5 Å². The first kappa shape index (κ1) is 17.0. The van der Waals surface area contributed by atoms with Crippen LogP contribution in [0.1, 0.15) is 25.8 Å². The summed E-state index contributed by atoms with van der Waals surface area (Å²) in [5, 5.41) is 9.41. The van der Waals surface area contributed by atoms with Crippen LogP contribution >= 0.6 is 0 Å². The lowest BCUT2D eigenvalue weighted by Crippen LogP contribution is -2.45. The van der Waals surface area contributed by atoms with Crippen molar-refractivity contribution < 1.29 is 14.7 Å². The Hall–Kier alpha value is -2.10. The van der Waals surface area contributed by atoms with Gasteiger partial charge >= 0.3 is 5.97 Å². The van der Waals surface area contributed by atoms with Crippen molar-refractivity contribution in [2.45, 2.75) is 32.7 Å². The quantitative estimate of drug-likeness (QED) is 0.785. The smallest absolute Gasteiger partial charge is 0.326 e. The SMILES string of the molecule is C=C(C)CC(C)C(=O)N(C)C(Cc1ccccc1)C(=O)O. The Labute approximate surface area is 126 Å². The molecule has 2 unspecified atom stereocenters. The Morgan fingerprint density at radius 3 is 2.33 bits per heavy atom. The Morgan fingerprint density at radius 2 is 1.86 bits per heavy atom. The van der Waals surface area contributed by atoms with Crippen molar-refractivity contribution in [3.63, 3.8) is 0 Å². The van der Waals surface area contributed by atoms with Crippen LogP contribution in [-0.2, 0) is 16.0 Å². The molecular formula is C17H23NO3. The number of carboxylic acids is 1. The van der Waals surface area contributed by atoms with Crippen molar-refractivity contribution in [3.8, 4) is 0 Å². The normalized spacial score (nSPS) is 13.3. The van der Waals surface area contributed by atoms with Gasteiger partial charge < -0.3 is 10.0 Å². The van der Waals surface area contributed by atoms with E-state index in [4.69, 9.17) is 0 Å². The molecule has 4 heteroatoms. The van der Waals surface area contributed by atoms with Gasteiger partial charge in [0.1, 0.15) is 6.04 Å². The third-order valence-electron chi connectivity index (χ3n) is 3.45. The minimum absolute atomic E-state index is 0.165. The summed E-state index contributed by atoms with van der Waals surface area (Å²) in [6.45, 7) is 7.46. The van der Waals surface area contributed by atoms with Crippen molar-refractivity contribution >= 4 is 11.9 Å². The summed E-state index contributed by atoms with van der Waals surface area (Å²) < 4.78 is 0. The van der Waals surface area contributed by atoms with Gasteiger partial charge in [-0.2, -0.15) is 0 Å². The maximum Gasteiger partial charge on any atom is 0.326 e. The lowest BCUT2D eigenvalue weighted by Gasteiger charge is -2.27. The predicted octanol–water partition coefficient (Wildman–Crippen LogP) is 2.74. The zero-order chi connectivity index (χ0) is 16.0. The van der Waals surface area contributed by atoms with Crippen LogP contribution in [-0.4, -0.2) is 35.0 Å². The number of carbonyl (C=O) groups excluding carboxylic acids is 1. The van der Waals surface area contributed by atoms with E-state index < -0.39 is 12.0 Å². The van der Waals surface area contributed by atoms with Gasteiger partial charge in [0.25, 0.3) is 0 Å². The molecule has 1 N–H and O–H groups in total. The van der Waals surface area contributed by atoms with Crippen molar-refractivity contribution in [1.82, 2.24) is 4.90 Å². The molecule has 1 rings (SSSR count). The number of likely N-dealkylation sites (N-methyl/N-ethyl adjacent to an activating group) is 1. The van der Waals surface area contributed by atoms with Crippen LogP contribution < -0.4 is 0 Å². The Balaban J connectivity index is 2.82. The Kier molecular flexibility index (Phi) is 6.15. The molecule has 1 amide bonds. The molecule has 0 aliphatic carbocycles. The molecule has 1 aromatic carbocycles. The maximum absolute atomic E-state index is 12.3. The molecule has 0 fully saturated rings. The Bertz CT molecular complexity index is 510. The van der Waals surface area contributed by atoms with Gasteiger partial charge in [-0.05, 0) is 18.9 Å². The van der Waals surface area contributed by atoms with Gasteiger partial charge in [-0.15, -0.1) is 6.58 Å². The molecule has 0 heterocycles. The molecule has 0 aromatic heterocycles. The van der Waals surface area contributed by atoms with E-state index in [1.165, 1.54) is 4.90 Å². The van der Waals surface area contributed by atoms with Crippen LogP contribution in [0.25, 0.3) is 0 Å². The first-order chi connectivity index (χ1) is 9.82. The zero-order valence-corrected chi connectivity index (χ0v) is 12.9. The van der Waals surface area contributed by atoms with E-state index in [0.29, 0.717) is 12.8 Å². The molecule has 0 aliphatic heterocycles. The molecule has 0 bridgehead atoms. The molecule has 0 saturated heterocycles. The van der Waals surface area contributed by atoms with E-state index in [1.54, 1.807) is 14.0 Å². The molecule has 0 saturated carbocycles. The molecule has 1 aromatic rings. The monoisotopic (exact) mass is 289 g/mol. The van der Waals surface area contributed by atoms with E-state index in [1.807, 2.05) is 37.3 Å². The summed E-state index contributed by atoms with van der Waals surface area (Å²) in [5.74, 6) is -1.41. The third kappa shape index (κ3) is 5.06. The minimum Gasteiger partial charge on any atom is -0.480 e. The first-order valence-corrected chi connectivity index (χ1v) is 7.00. The van der Waals surface area contributed by atoms with Gasteiger partial charge in [0.05, 0.1) is 0 Å². The van der Waals surface area contributed by atoms with Crippen LogP contribution in [0, 0.1) is 5.92 Å². The number of allylic oxidation sites excluding steroid dienone is 1. The number of amides is 1. The van der Waals surface area contributed by atoms with Gasteiger partial charge in [0, 0.05) is 19.4 Å². The van der Waals surface area contributed by atoms with E-state index in [2.05, 4.69) is 6.58 Å². The summed E-state index contributed by atoms with van der Waals surface area (Å²) in [7, 11) is 1.55. The van der Waals surface area contributed by atoms with E-state index in [0.717, 1.165) is 11.1 Å². The highest BCUT2D eigenvalue weighted by atomic mass is 16.4. The largest absolute Gasteiger partial charge is 0.480 e. The molecule has 0 spiro atoms.